The van der Waals surface area contributed by atoms with Gasteiger partial charge in [0.1, 0.15) is 6.10 Å². The zero-order valence-electron chi connectivity index (χ0n) is 28.7. The Morgan fingerprint density at radius 1 is 0.805 bits per heavy atom. The van der Waals surface area contributed by atoms with Crippen LogP contribution in [0, 0.1) is 56.7 Å². The predicted molar refractivity (Wildman–Crippen MR) is 170 cm³/mol. The minimum atomic E-state index is -1.85. The highest BCUT2D eigenvalue weighted by Crippen LogP contribution is 2.89. The van der Waals surface area contributed by atoms with Gasteiger partial charge in [-0.05, 0) is 135 Å². The third-order valence-corrected chi connectivity index (χ3v) is 21.7. The van der Waals surface area contributed by atoms with Crippen molar-refractivity contribution in [2.75, 3.05) is 0 Å². The van der Waals surface area contributed by atoms with Crippen LogP contribution in [0.25, 0.3) is 0 Å². The summed E-state index contributed by atoms with van der Waals surface area (Å²) in [4.78, 5) is 0. The van der Waals surface area contributed by atoms with Crippen molar-refractivity contribution in [3.63, 3.8) is 0 Å². The third kappa shape index (κ3) is 3.49. The zero-order chi connectivity index (χ0) is 29.6. The number of epoxide rings is 1. The summed E-state index contributed by atoms with van der Waals surface area (Å²) in [5.41, 5.74) is 2.06. The molecule has 2 spiro atoms. The van der Waals surface area contributed by atoms with Gasteiger partial charge in [0, 0.05) is 5.41 Å². The molecule has 2 heterocycles. The van der Waals surface area contributed by atoms with E-state index in [4.69, 9.17) is 13.9 Å². The van der Waals surface area contributed by atoms with Gasteiger partial charge in [0.15, 0.2) is 8.32 Å². The molecule has 0 aromatic rings. The van der Waals surface area contributed by atoms with Crippen LogP contribution in [0.3, 0.4) is 0 Å². The largest absolute Gasteiger partial charge is 0.411 e. The van der Waals surface area contributed by atoms with Crippen molar-refractivity contribution in [2.45, 2.75) is 176 Å². The van der Waals surface area contributed by atoms with Gasteiger partial charge in [-0.1, -0.05) is 62.3 Å². The normalized spacial score (nSPS) is 56.1. The van der Waals surface area contributed by atoms with Gasteiger partial charge in [0.2, 0.25) is 0 Å². The van der Waals surface area contributed by atoms with Crippen LogP contribution in [0.2, 0.25) is 18.1 Å². The summed E-state index contributed by atoms with van der Waals surface area (Å²) < 4.78 is 21.5. The molecule has 7 fully saturated rings. The summed E-state index contributed by atoms with van der Waals surface area (Å²) in [6.45, 7) is 27.7. The van der Waals surface area contributed by atoms with Crippen molar-refractivity contribution in [3.8, 4) is 0 Å². The highest BCUT2D eigenvalue weighted by atomic mass is 28.4. The van der Waals surface area contributed by atoms with Crippen LogP contribution in [0.15, 0.2) is 0 Å². The van der Waals surface area contributed by atoms with Crippen molar-refractivity contribution in [3.05, 3.63) is 0 Å². The topological polar surface area (TPSA) is 31.0 Å². The molecule has 5 unspecified atom stereocenters. The molecular weight excluding hydrogens is 520 g/mol. The molecule has 7 rings (SSSR count). The summed E-state index contributed by atoms with van der Waals surface area (Å²) >= 11 is 0. The van der Waals surface area contributed by atoms with E-state index in [0.717, 1.165) is 24.2 Å². The summed E-state index contributed by atoms with van der Waals surface area (Å²) in [6, 6.07) is 3.69. The SMILES string of the molecule is CC[Si](CC)(CC)O[C@H]1C2OC([C@H]3OC3(C)C)CC(C)C2[C@@]2(C)CC[C@@]34CC35CC[C@H](C)C(C)(C)[C@@H]5CC[C@H]4[C@]12C. The monoisotopic (exact) mass is 584 g/mol. The van der Waals surface area contributed by atoms with Crippen molar-refractivity contribution < 1.29 is 13.9 Å². The molecule has 0 radical (unpaired) electrons. The minimum Gasteiger partial charge on any atom is -0.411 e. The van der Waals surface area contributed by atoms with E-state index in [1.54, 1.807) is 0 Å². The quantitative estimate of drug-likeness (QED) is 0.230. The van der Waals surface area contributed by atoms with E-state index in [1.807, 2.05) is 0 Å². The Labute approximate surface area is 254 Å². The fourth-order valence-corrected chi connectivity index (χ4v) is 16.9. The summed E-state index contributed by atoms with van der Waals surface area (Å²) in [6.07, 6.45) is 12.2. The van der Waals surface area contributed by atoms with Crippen molar-refractivity contribution in [1.82, 2.24) is 0 Å². The maximum atomic E-state index is 7.88. The second-order valence-electron chi connectivity index (χ2n) is 18.4. The fourth-order valence-electron chi connectivity index (χ4n) is 14.0. The molecule has 0 aromatic carbocycles. The minimum absolute atomic E-state index is 0.0325. The Kier molecular flexibility index (Phi) is 6.45. The van der Waals surface area contributed by atoms with Gasteiger partial charge in [0.25, 0.3) is 0 Å². The second-order valence-corrected chi connectivity index (χ2v) is 23.2. The Bertz CT molecular complexity index is 1060. The van der Waals surface area contributed by atoms with Crippen LogP contribution in [-0.4, -0.2) is 38.3 Å². The summed E-state index contributed by atoms with van der Waals surface area (Å²) in [5.74, 6) is 3.80. The predicted octanol–water partition coefficient (Wildman–Crippen LogP) is 9.64. The van der Waals surface area contributed by atoms with Gasteiger partial charge >= 0.3 is 0 Å². The molecule has 4 heteroatoms. The number of rotatable bonds is 6. The molecule has 0 amide bonds. The van der Waals surface area contributed by atoms with E-state index >= 15 is 0 Å². The smallest absolute Gasteiger partial charge is 0.192 e. The lowest BCUT2D eigenvalue weighted by molar-refractivity contribution is -0.172. The van der Waals surface area contributed by atoms with Crippen LogP contribution >= 0.6 is 0 Å². The first-order chi connectivity index (χ1) is 19.1. The fraction of sp³-hybridized carbons (Fsp3) is 1.00. The average molecular weight is 585 g/mol. The molecule has 2 saturated heterocycles. The highest BCUT2D eigenvalue weighted by molar-refractivity contribution is 6.73. The molecule has 234 valence electrons. The van der Waals surface area contributed by atoms with Gasteiger partial charge in [-0.15, -0.1) is 0 Å². The first-order valence-electron chi connectivity index (χ1n) is 18.1. The lowest BCUT2D eigenvalue weighted by atomic mass is 9.41. The van der Waals surface area contributed by atoms with E-state index < -0.39 is 8.32 Å². The van der Waals surface area contributed by atoms with Crippen LogP contribution in [0.1, 0.15) is 128 Å². The maximum absolute atomic E-state index is 7.88. The molecule has 2 aliphatic heterocycles. The van der Waals surface area contributed by atoms with Gasteiger partial charge in [-0.2, -0.15) is 0 Å². The second kappa shape index (κ2) is 8.88. The maximum Gasteiger partial charge on any atom is 0.192 e. The Morgan fingerprint density at radius 2 is 1.41 bits per heavy atom. The van der Waals surface area contributed by atoms with Gasteiger partial charge in [0.05, 0.1) is 23.9 Å². The van der Waals surface area contributed by atoms with Gasteiger partial charge in [-0.25, -0.2) is 0 Å². The van der Waals surface area contributed by atoms with Crippen molar-refractivity contribution in [1.29, 1.82) is 0 Å². The Hall–Kier alpha value is 0.0969. The van der Waals surface area contributed by atoms with Gasteiger partial charge in [-0.3, -0.25) is 0 Å². The summed E-state index contributed by atoms with van der Waals surface area (Å²) in [5, 5.41) is 0. The number of hydrogen-bond acceptors (Lipinski definition) is 3. The van der Waals surface area contributed by atoms with Crippen LogP contribution in [0.4, 0.5) is 0 Å². The molecule has 0 N–H and O–H groups in total. The van der Waals surface area contributed by atoms with Crippen molar-refractivity contribution in [2.24, 2.45) is 56.7 Å². The number of hydrogen-bond donors (Lipinski definition) is 0. The van der Waals surface area contributed by atoms with Crippen molar-refractivity contribution >= 4 is 8.32 Å². The first kappa shape index (κ1) is 29.8. The van der Waals surface area contributed by atoms with E-state index in [-0.39, 0.29) is 40.8 Å². The van der Waals surface area contributed by atoms with Crippen LogP contribution in [0.5, 0.6) is 0 Å². The Morgan fingerprint density at radius 3 is 2.02 bits per heavy atom. The molecular formula is C37H64O3Si. The molecule has 41 heavy (non-hydrogen) atoms. The molecule has 5 aliphatic carbocycles. The van der Waals surface area contributed by atoms with E-state index in [1.165, 1.54) is 63.1 Å². The van der Waals surface area contributed by atoms with Crippen LogP contribution < -0.4 is 0 Å². The standard InChI is InChI=1S/C37H64O3Si/c1-12-41(13-2,14-3)40-31-29-28(23(4)21-25(38-29)30-33(8,9)39-30)34(10)19-20-37-22-36(37)18-17-24(5)32(6,7)26(36)15-16-27(37)35(31,34)11/h23-31H,12-22H2,1-11H3/t23?,24-,25?,26-,27-,28?,29?,30+,31-,34+,35+,36?,37-/m0/s1. The molecule has 7 aliphatic rings. The van der Waals surface area contributed by atoms with E-state index in [0.29, 0.717) is 28.1 Å². The molecule has 3 nitrogen and oxygen atoms in total. The molecule has 0 aromatic heterocycles. The van der Waals surface area contributed by atoms with Gasteiger partial charge < -0.3 is 13.9 Å². The zero-order valence-corrected chi connectivity index (χ0v) is 29.7. The third-order valence-electron chi connectivity index (χ3n) is 17.0. The molecule has 5 saturated carbocycles. The lowest BCUT2D eigenvalue weighted by Crippen LogP contribution is -2.60. The highest BCUT2D eigenvalue weighted by Gasteiger charge is 2.85. The molecule has 13 atom stereocenters. The van der Waals surface area contributed by atoms with Crippen LogP contribution in [-0.2, 0) is 13.9 Å². The summed E-state index contributed by atoms with van der Waals surface area (Å²) in [7, 11) is -1.85. The van der Waals surface area contributed by atoms with E-state index in [9.17, 15) is 0 Å². The number of fused-ring (bicyclic) bond motifs is 4. The first-order valence-corrected chi connectivity index (χ1v) is 20.7. The Balaban J connectivity index is 1.32. The average Bonchev–Trinajstić information content (AvgIpc) is 3.78. The van der Waals surface area contributed by atoms with E-state index in [2.05, 4.69) is 76.2 Å². The lowest BCUT2D eigenvalue weighted by Gasteiger charge is -2.64. The molecule has 0 bridgehead atoms. The number of ether oxygens (including phenoxy) is 2.